The smallest absolute Gasteiger partial charge is 0.203 e. The molecule has 4 heteroatoms. The molecule has 1 heterocycles. The minimum Gasteiger partial charge on any atom is -0.493 e. The predicted octanol–water partition coefficient (Wildman–Crippen LogP) is 4.85. The second-order valence-corrected chi connectivity index (χ2v) is 7.02. The molecule has 4 nitrogen and oxygen atoms in total. The molecule has 1 aliphatic heterocycles. The van der Waals surface area contributed by atoms with E-state index in [9.17, 15) is 0 Å². The summed E-state index contributed by atoms with van der Waals surface area (Å²) in [5.74, 6) is 2.94. The van der Waals surface area contributed by atoms with Crippen LogP contribution in [0.3, 0.4) is 0 Å². The van der Waals surface area contributed by atoms with Gasteiger partial charge in [0, 0.05) is 11.6 Å². The summed E-state index contributed by atoms with van der Waals surface area (Å²) in [7, 11) is 4.95. The van der Waals surface area contributed by atoms with Crippen LogP contribution in [0.1, 0.15) is 35.1 Å². The number of allylic oxidation sites excluding steroid dienone is 2. The first-order valence-electron chi connectivity index (χ1n) is 9.00. The molecule has 0 spiro atoms. The van der Waals surface area contributed by atoms with Gasteiger partial charge in [-0.3, -0.25) is 0 Å². The maximum Gasteiger partial charge on any atom is 0.203 e. The number of benzene rings is 2. The standard InChI is InChI=1S/C22H25NO3/c1-13-8-9-18-17(10-13)15-6-5-7-16(15)21(23-18)14-11-19(24-2)22(26-4)20(12-14)25-3/h5-6,8-12,15-16,21,23H,7H2,1-4H3. The molecule has 136 valence electrons. The van der Waals surface area contributed by atoms with Crippen molar-refractivity contribution in [1.29, 1.82) is 0 Å². The van der Waals surface area contributed by atoms with Crippen molar-refractivity contribution >= 4 is 5.69 Å². The first kappa shape index (κ1) is 16.8. The van der Waals surface area contributed by atoms with E-state index in [1.807, 2.05) is 0 Å². The fraction of sp³-hybridized carbons (Fsp3) is 0.364. The third kappa shape index (κ3) is 2.61. The Kier molecular flexibility index (Phi) is 4.27. The molecule has 3 unspecified atom stereocenters. The summed E-state index contributed by atoms with van der Waals surface area (Å²) in [6.45, 7) is 2.15. The average Bonchev–Trinajstić information content (AvgIpc) is 3.16. The Labute approximate surface area is 154 Å². The molecule has 4 rings (SSSR count). The van der Waals surface area contributed by atoms with Crippen molar-refractivity contribution < 1.29 is 14.2 Å². The molecule has 0 bridgehead atoms. The Bertz CT molecular complexity index is 833. The number of aryl methyl sites for hydroxylation is 1. The van der Waals surface area contributed by atoms with Gasteiger partial charge in [-0.05, 0) is 48.6 Å². The van der Waals surface area contributed by atoms with Crippen LogP contribution in [0.25, 0.3) is 0 Å². The summed E-state index contributed by atoms with van der Waals surface area (Å²) in [4.78, 5) is 0. The lowest BCUT2D eigenvalue weighted by atomic mass is 9.76. The third-order valence-corrected chi connectivity index (χ3v) is 5.56. The normalized spacial score (nSPS) is 23.0. The van der Waals surface area contributed by atoms with Crippen LogP contribution in [0.2, 0.25) is 0 Å². The molecule has 0 saturated carbocycles. The van der Waals surface area contributed by atoms with Crippen molar-refractivity contribution in [2.45, 2.75) is 25.3 Å². The van der Waals surface area contributed by atoms with E-state index < -0.39 is 0 Å². The monoisotopic (exact) mass is 351 g/mol. The molecule has 2 aromatic carbocycles. The molecule has 0 radical (unpaired) electrons. The fourth-order valence-electron chi connectivity index (χ4n) is 4.32. The second-order valence-electron chi connectivity index (χ2n) is 7.02. The van der Waals surface area contributed by atoms with Gasteiger partial charge in [0.2, 0.25) is 5.75 Å². The molecule has 3 atom stereocenters. The molecular formula is C22H25NO3. The van der Waals surface area contributed by atoms with Crippen LogP contribution < -0.4 is 19.5 Å². The van der Waals surface area contributed by atoms with Crippen molar-refractivity contribution in [3.63, 3.8) is 0 Å². The number of anilines is 1. The van der Waals surface area contributed by atoms with E-state index in [0.29, 0.717) is 29.1 Å². The van der Waals surface area contributed by atoms with Gasteiger partial charge >= 0.3 is 0 Å². The van der Waals surface area contributed by atoms with Crippen molar-refractivity contribution in [2.24, 2.45) is 5.92 Å². The van der Waals surface area contributed by atoms with Crippen LogP contribution in [-0.4, -0.2) is 21.3 Å². The number of nitrogens with one attached hydrogen (secondary N) is 1. The van der Waals surface area contributed by atoms with Gasteiger partial charge in [-0.25, -0.2) is 0 Å². The quantitative estimate of drug-likeness (QED) is 0.800. The molecule has 2 aromatic rings. The van der Waals surface area contributed by atoms with Crippen LogP contribution in [0.4, 0.5) is 5.69 Å². The van der Waals surface area contributed by atoms with E-state index in [1.54, 1.807) is 21.3 Å². The van der Waals surface area contributed by atoms with Crippen LogP contribution in [0, 0.1) is 12.8 Å². The van der Waals surface area contributed by atoms with Gasteiger partial charge in [-0.2, -0.15) is 0 Å². The maximum atomic E-state index is 5.56. The zero-order valence-electron chi connectivity index (χ0n) is 15.7. The van der Waals surface area contributed by atoms with Crippen molar-refractivity contribution in [3.8, 4) is 17.2 Å². The highest BCUT2D eigenvalue weighted by atomic mass is 16.5. The second kappa shape index (κ2) is 6.60. The SMILES string of the molecule is COc1cc(C2Nc3ccc(C)cc3C3C=CCC32)cc(OC)c1OC. The summed E-state index contributed by atoms with van der Waals surface area (Å²) < 4.78 is 16.6. The van der Waals surface area contributed by atoms with Crippen molar-refractivity contribution in [2.75, 3.05) is 26.6 Å². The van der Waals surface area contributed by atoms with E-state index in [-0.39, 0.29) is 6.04 Å². The number of hydrogen-bond acceptors (Lipinski definition) is 4. The molecule has 0 amide bonds. The lowest BCUT2D eigenvalue weighted by Crippen LogP contribution is -2.29. The van der Waals surface area contributed by atoms with Gasteiger partial charge in [0.25, 0.3) is 0 Å². The highest BCUT2D eigenvalue weighted by Gasteiger charge is 2.38. The van der Waals surface area contributed by atoms with Crippen LogP contribution >= 0.6 is 0 Å². The first-order valence-corrected chi connectivity index (χ1v) is 9.00. The van der Waals surface area contributed by atoms with Gasteiger partial charge in [0.15, 0.2) is 11.5 Å². The van der Waals surface area contributed by atoms with E-state index in [4.69, 9.17) is 14.2 Å². The zero-order chi connectivity index (χ0) is 18.3. The largest absolute Gasteiger partial charge is 0.493 e. The Balaban J connectivity index is 1.80. The fourth-order valence-corrected chi connectivity index (χ4v) is 4.32. The van der Waals surface area contributed by atoms with Crippen LogP contribution in [0.5, 0.6) is 17.2 Å². The molecule has 1 N–H and O–H groups in total. The lowest BCUT2D eigenvalue weighted by molar-refractivity contribution is 0.322. The summed E-state index contributed by atoms with van der Waals surface area (Å²) >= 11 is 0. The zero-order valence-corrected chi connectivity index (χ0v) is 15.7. The van der Waals surface area contributed by atoms with E-state index in [2.05, 4.69) is 54.7 Å². The van der Waals surface area contributed by atoms with E-state index in [1.165, 1.54) is 16.8 Å². The van der Waals surface area contributed by atoms with Crippen molar-refractivity contribution in [1.82, 2.24) is 0 Å². The molecule has 0 saturated heterocycles. The number of rotatable bonds is 4. The number of hydrogen-bond donors (Lipinski definition) is 1. The van der Waals surface area contributed by atoms with Crippen LogP contribution in [0.15, 0.2) is 42.5 Å². The highest BCUT2D eigenvalue weighted by molar-refractivity contribution is 5.62. The number of fused-ring (bicyclic) bond motifs is 3. The molecule has 1 aliphatic carbocycles. The Morgan fingerprint density at radius 2 is 1.69 bits per heavy atom. The Morgan fingerprint density at radius 1 is 0.962 bits per heavy atom. The van der Waals surface area contributed by atoms with Gasteiger partial charge in [0.1, 0.15) is 0 Å². The van der Waals surface area contributed by atoms with Gasteiger partial charge in [-0.1, -0.05) is 29.8 Å². The highest BCUT2D eigenvalue weighted by Crippen LogP contribution is 2.51. The predicted molar refractivity (Wildman–Crippen MR) is 104 cm³/mol. The van der Waals surface area contributed by atoms with Gasteiger partial charge in [0.05, 0.1) is 27.4 Å². The van der Waals surface area contributed by atoms with E-state index in [0.717, 1.165) is 12.0 Å². The molecule has 0 fully saturated rings. The summed E-state index contributed by atoms with van der Waals surface area (Å²) in [6.07, 6.45) is 5.72. The average molecular weight is 351 g/mol. The van der Waals surface area contributed by atoms with E-state index >= 15 is 0 Å². The van der Waals surface area contributed by atoms with Crippen LogP contribution in [-0.2, 0) is 0 Å². The maximum absolute atomic E-state index is 5.56. The van der Waals surface area contributed by atoms with Gasteiger partial charge < -0.3 is 19.5 Å². The topological polar surface area (TPSA) is 39.7 Å². The summed E-state index contributed by atoms with van der Waals surface area (Å²) in [5, 5.41) is 3.76. The minimum atomic E-state index is 0.193. The molecular weight excluding hydrogens is 326 g/mol. The third-order valence-electron chi connectivity index (χ3n) is 5.56. The molecule has 2 aliphatic rings. The Hall–Kier alpha value is -2.62. The lowest BCUT2D eigenvalue weighted by Gasteiger charge is -2.38. The number of ether oxygens (including phenoxy) is 3. The number of methoxy groups -OCH3 is 3. The van der Waals surface area contributed by atoms with Crippen molar-refractivity contribution in [3.05, 3.63) is 59.2 Å². The summed E-state index contributed by atoms with van der Waals surface area (Å²) in [6, 6.07) is 11.0. The van der Waals surface area contributed by atoms with Gasteiger partial charge in [-0.15, -0.1) is 0 Å². The molecule has 0 aromatic heterocycles. The Morgan fingerprint density at radius 3 is 2.35 bits per heavy atom. The first-order chi connectivity index (χ1) is 12.7. The minimum absolute atomic E-state index is 0.193. The summed E-state index contributed by atoms with van der Waals surface area (Å²) in [5.41, 5.74) is 5.06. The molecule has 26 heavy (non-hydrogen) atoms.